The molecule has 0 amide bonds. The molecule has 0 saturated carbocycles. The van der Waals surface area contributed by atoms with Crippen molar-refractivity contribution >= 4 is 22.4 Å². The summed E-state index contributed by atoms with van der Waals surface area (Å²) in [6, 6.07) is 8.41. The Hall–Kier alpha value is -1.72. The SMILES string of the molecule is Cc1nc([C@@H](C)N(C)Cc2nc3ccccc3[nH]2)c(C)s1. The number of aryl methyl sites for hydroxylation is 2. The van der Waals surface area contributed by atoms with Gasteiger partial charge in [-0.05, 0) is 40.0 Å². The van der Waals surface area contributed by atoms with E-state index >= 15 is 0 Å². The lowest BCUT2D eigenvalue weighted by Crippen LogP contribution is -2.23. The highest BCUT2D eigenvalue weighted by atomic mass is 32.1. The van der Waals surface area contributed by atoms with E-state index in [1.54, 1.807) is 11.3 Å². The van der Waals surface area contributed by atoms with Crippen molar-refractivity contribution in [1.82, 2.24) is 19.9 Å². The molecule has 2 heterocycles. The van der Waals surface area contributed by atoms with E-state index in [0.29, 0.717) is 0 Å². The molecule has 0 aliphatic rings. The maximum atomic E-state index is 4.66. The Morgan fingerprint density at radius 2 is 2.00 bits per heavy atom. The summed E-state index contributed by atoms with van der Waals surface area (Å²) in [7, 11) is 2.12. The van der Waals surface area contributed by atoms with Crippen molar-refractivity contribution in [3.05, 3.63) is 45.7 Å². The molecule has 0 saturated heterocycles. The second kappa shape index (κ2) is 5.58. The first-order chi connectivity index (χ1) is 10.0. The van der Waals surface area contributed by atoms with Crippen molar-refractivity contribution in [3.8, 4) is 0 Å². The number of aromatic nitrogens is 3. The van der Waals surface area contributed by atoms with Crippen molar-refractivity contribution in [2.24, 2.45) is 0 Å². The molecular weight excluding hydrogens is 280 g/mol. The molecule has 3 rings (SSSR count). The third-order valence-electron chi connectivity index (χ3n) is 3.83. The quantitative estimate of drug-likeness (QED) is 0.796. The molecule has 0 aliphatic carbocycles. The highest BCUT2D eigenvalue weighted by Crippen LogP contribution is 2.26. The zero-order valence-corrected chi connectivity index (χ0v) is 13.7. The van der Waals surface area contributed by atoms with Crippen LogP contribution in [0.4, 0.5) is 0 Å². The van der Waals surface area contributed by atoms with Crippen molar-refractivity contribution in [2.75, 3.05) is 7.05 Å². The van der Waals surface area contributed by atoms with Gasteiger partial charge in [0.25, 0.3) is 0 Å². The summed E-state index contributed by atoms with van der Waals surface area (Å²) in [4.78, 5) is 16.3. The summed E-state index contributed by atoms with van der Waals surface area (Å²) in [5, 5.41) is 1.13. The molecule has 4 nitrogen and oxygen atoms in total. The van der Waals surface area contributed by atoms with Crippen LogP contribution in [0.2, 0.25) is 0 Å². The van der Waals surface area contributed by atoms with Gasteiger partial charge in [0.05, 0.1) is 34.3 Å². The van der Waals surface area contributed by atoms with Crippen molar-refractivity contribution < 1.29 is 0 Å². The molecule has 0 bridgehead atoms. The average molecular weight is 300 g/mol. The van der Waals surface area contributed by atoms with Gasteiger partial charge in [0.2, 0.25) is 0 Å². The second-order valence-electron chi connectivity index (χ2n) is 5.47. The predicted molar refractivity (Wildman–Crippen MR) is 87.6 cm³/mol. The number of rotatable bonds is 4. The first-order valence-electron chi connectivity index (χ1n) is 7.12. The molecule has 1 aromatic carbocycles. The molecule has 0 fully saturated rings. The molecule has 3 aromatic rings. The van der Waals surface area contributed by atoms with Gasteiger partial charge < -0.3 is 4.98 Å². The molecule has 0 aliphatic heterocycles. The smallest absolute Gasteiger partial charge is 0.121 e. The van der Waals surface area contributed by atoms with E-state index in [-0.39, 0.29) is 6.04 Å². The maximum absolute atomic E-state index is 4.66. The van der Waals surface area contributed by atoms with Crippen LogP contribution in [-0.2, 0) is 6.54 Å². The van der Waals surface area contributed by atoms with Crippen molar-refractivity contribution in [3.63, 3.8) is 0 Å². The van der Waals surface area contributed by atoms with Crippen LogP contribution in [0.1, 0.15) is 34.4 Å². The van der Waals surface area contributed by atoms with Gasteiger partial charge in [0.1, 0.15) is 5.82 Å². The number of nitrogens with zero attached hydrogens (tertiary/aromatic N) is 3. The van der Waals surface area contributed by atoms with Gasteiger partial charge in [-0.2, -0.15) is 0 Å². The predicted octanol–water partition coefficient (Wildman–Crippen LogP) is 3.83. The first-order valence-corrected chi connectivity index (χ1v) is 7.94. The molecule has 21 heavy (non-hydrogen) atoms. The zero-order chi connectivity index (χ0) is 15.0. The van der Waals surface area contributed by atoms with Crippen LogP contribution in [0.5, 0.6) is 0 Å². The topological polar surface area (TPSA) is 44.8 Å². The van der Waals surface area contributed by atoms with Crippen LogP contribution in [0, 0.1) is 13.8 Å². The number of aromatic amines is 1. The Balaban J connectivity index is 1.79. The lowest BCUT2D eigenvalue weighted by atomic mass is 10.2. The number of fused-ring (bicyclic) bond motifs is 1. The molecule has 1 N–H and O–H groups in total. The number of nitrogens with one attached hydrogen (secondary N) is 1. The Morgan fingerprint density at radius 1 is 1.24 bits per heavy atom. The van der Waals surface area contributed by atoms with Gasteiger partial charge in [-0.25, -0.2) is 9.97 Å². The summed E-state index contributed by atoms with van der Waals surface area (Å²) >= 11 is 1.76. The van der Waals surface area contributed by atoms with Crippen LogP contribution in [-0.4, -0.2) is 26.9 Å². The number of hydrogen-bond acceptors (Lipinski definition) is 4. The number of imidazole rings is 1. The molecule has 2 aromatic heterocycles. The van der Waals surface area contributed by atoms with Gasteiger partial charge in [-0.15, -0.1) is 11.3 Å². The van der Waals surface area contributed by atoms with Crippen molar-refractivity contribution in [1.29, 1.82) is 0 Å². The number of H-pyrrole nitrogens is 1. The summed E-state index contributed by atoms with van der Waals surface area (Å²) in [5.41, 5.74) is 3.29. The Morgan fingerprint density at radius 3 is 2.67 bits per heavy atom. The average Bonchev–Trinajstić information content (AvgIpc) is 3.00. The van der Waals surface area contributed by atoms with Gasteiger partial charge in [-0.1, -0.05) is 12.1 Å². The zero-order valence-electron chi connectivity index (χ0n) is 12.8. The van der Waals surface area contributed by atoms with Crippen LogP contribution in [0.3, 0.4) is 0 Å². The summed E-state index contributed by atoms with van der Waals surface area (Å²) < 4.78 is 0. The standard InChI is InChI=1S/C16H20N4S/c1-10(16-11(2)21-12(3)17-16)20(4)9-15-18-13-7-5-6-8-14(13)19-15/h5-8,10H,9H2,1-4H3,(H,18,19)/t10-/m1/s1. The van der Waals surface area contributed by atoms with E-state index in [1.807, 2.05) is 18.2 Å². The number of benzene rings is 1. The third-order valence-corrected chi connectivity index (χ3v) is 4.74. The summed E-state index contributed by atoms with van der Waals surface area (Å²) in [6.07, 6.45) is 0. The van der Waals surface area contributed by atoms with E-state index in [9.17, 15) is 0 Å². The fraction of sp³-hybridized carbons (Fsp3) is 0.375. The lowest BCUT2D eigenvalue weighted by molar-refractivity contribution is 0.243. The largest absolute Gasteiger partial charge is 0.341 e. The monoisotopic (exact) mass is 300 g/mol. The molecule has 0 spiro atoms. The third kappa shape index (κ3) is 2.84. The highest BCUT2D eigenvalue weighted by molar-refractivity contribution is 7.11. The minimum atomic E-state index is 0.281. The van der Waals surface area contributed by atoms with Gasteiger partial charge in [-0.3, -0.25) is 4.90 Å². The van der Waals surface area contributed by atoms with E-state index in [1.165, 1.54) is 10.6 Å². The van der Waals surface area contributed by atoms with Crippen LogP contribution >= 0.6 is 11.3 Å². The number of thiazole rings is 1. The van der Waals surface area contributed by atoms with E-state index in [2.05, 4.69) is 53.7 Å². The van der Waals surface area contributed by atoms with E-state index in [0.717, 1.165) is 28.4 Å². The second-order valence-corrected chi connectivity index (χ2v) is 6.87. The van der Waals surface area contributed by atoms with Crippen molar-refractivity contribution in [2.45, 2.75) is 33.4 Å². The molecule has 0 radical (unpaired) electrons. The summed E-state index contributed by atoms with van der Waals surface area (Å²) in [6.45, 7) is 7.19. The van der Waals surface area contributed by atoms with E-state index < -0.39 is 0 Å². The minimum Gasteiger partial charge on any atom is -0.341 e. The fourth-order valence-electron chi connectivity index (χ4n) is 2.60. The highest BCUT2D eigenvalue weighted by Gasteiger charge is 2.18. The van der Waals surface area contributed by atoms with Crippen LogP contribution < -0.4 is 0 Å². The number of hydrogen-bond donors (Lipinski definition) is 1. The Kier molecular flexibility index (Phi) is 3.78. The fourth-order valence-corrected chi connectivity index (χ4v) is 3.50. The van der Waals surface area contributed by atoms with Crippen LogP contribution in [0.25, 0.3) is 11.0 Å². The Bertz CT molecular complexity index is 726. The first kappa shape index (κ1) is 14.2. The molecule has 1 atom stereocenters. The van der Waals surface area contributed by atoms with E-state index in [4.69, 9.17) is 0 Å². The van der Waals surface area contributed by atoms with Crippen LogP contribution in [0.15, 0.2) is 24.3 Å². The van der Waals surface area contributed by atoms with Gasteiger partial charge >= 0.3 is 0 Å². The maximum Gasteiger partial charge on any atom is 0.121 e. The normalized spacial score (nSPS) is 13.2. The summed E-state index contributed by atoms with van der Waals surface area (Å²) in [5.74, 6) is 0.996. The molecule has 0 unspecified atom stereocenters. The van der Waals surface area contributed by atoms with Gasteiger partial charge in [0, 0.05) is 4.88 Å². The molecule has 5 heteroatoms. The Labute approximate surface area is 128 Å². The van der Waals surface area contributed by atoms with Gasteiger partial charge in [0.15, 0.2) is 0 Å². The minimum absolute atomic E-state index is 0.281. The lowest BCUT2D eigenvalue weighted by Gasteiger charge is -2.22. The molecular formula is C16H20N4S. The molecule has 110 valence electrons. The number of para-hydroxylation sites is 2.